The number of amides is 1. The van der Waals surface area contributed by atoms with Gasteiger partial charge < -0.3 is 9.84 Å². The molecule has 9 nitrogen and oxygen atoms in total. The monoisotopic (exact) mass is 664 g/mol. The third-order valence-corrected chi connectivity index (χ3v) is 8.21. The fourth-order valence-corrected chi connectivity index (χ4v) is 5.85. The van der Waals surface area contributed by atoms with Gasteiger partial charge in [-0.3, -0.25) is 15.0 Å². The molecule has 0 spiro atoms. The van der Waals surface area contributed by atoms with Crippen molar-refractivity contribution in [2.75, 3.05) is 10.7 Å². The van der Waals surface area contributed by atoms with Gasteiger partial charge in [-0.15, -0.1) is 18.3 Å². The number of aliphatic hydroxyl groups is 1. The number of alkyl halides is 3. The van der Waals surface area contributed by atoms with E-state index in [1.54, 1.807) is 4.90 Å². The van der Waals surface area contributed by atoms with E-state index in [0.29, 0.717) is 23.1 Å². The van der Waals surface area contributed by atoms with E-state index >= 15 is 0 Å². The number of anilines is 1. The number of nitrogens with zero attached hydrogens (tertiary/aromatic N) is 5. The second kappa shape index (κ2) is 14.5. The van der Waals surface area contributed by atoms with Gasteiger partial charge in [0.25, 0.3) is 0 Å². The Morgan fingerprint density at radius 1 is 1.09 bits per heavy atom. The van der Waals surface area contributed by atoms with Crippen LogP contribution < -0.4 is 15.0 Å². The van der Waals surface area contributed by atoms with Crippen molar-refractivity contribution >= 4 is 34.6 Å². The number of hydrogen-bond acceptors (Lipinski definition) is 8. The number of aromatic nitrogens is 3. The summed E-state index contributed by atoms with van der Waals surface area (Å²) in [5.41, 5.74) is 5.17. The van der Waals surface area contributed by atoms with Gasteiger partial charge in [-0.25, -0.2) is 14.7 Å². The lowest BCUT2D eigenvalue weighted by atomic mass is 9.99. The van der Waals surface area contributed by atoms with Gasteiger partial charge >= 0.3 is 6.36 Å². The van der Waals surface area contributed by atoms with Gasteiger partial charge in [-0.05, 0) is 73.2 Å². The Hall–Kier alpha value is -4.46. The van der Waals surface area contributed by atoms with Crippen molar-refractivity contribution in [3.8, 4) is 22.8 Å². The third kappa shape index (κ3) is 8.88. The highest BCUT2D eigenvalue weighted by Crippen LogP contribution is 2.34. The minimum Gasteiger partial charge on any atom is -0.406 e. The summed E-state index contributed by atoms with van der Waals surface area (Å²) in [4.78, 5) is 23.2. The topological polar surface area (TPSA) is 105 Å². The molecule has 2 heterocycles. The minimum atomic E-state index is -4.75. The summed E-state index contributed by atoms with van der Waals surface area (Å²) in [5.74, 6) is 0.577. The number of carbonyl (C=O) groups is 1. The lowest BCUT2D eigenvalue weighted by Gasteiger charge is -2.23. The Morgan fingerprint density at radius 3 is 2.49 bits per heavy atom. The number of ether oxygens (including phenoxy) is 1. The van der Waals surface area contributed by atoms with Crippen molar-refractivity contribution in [3.05, 3.63) is 95.8 Å². The number of rotatable bonds is 11. The summed E-state index contributed by atoms with van der Waals surface area (Å²) >= 11 is 1.32. The normalized spacial score (nSPS) is 16.1. The van der Waals surface area contributed by atoms with Gasteiger partial charge in [-0.1, -0.05) is 74.2 Å². The molecule has 1 amide bonds. The standard InChI is InChI=1S/C34H35F3N6O3S/c1-21(2)28-17-8-22(3)18-29(28)43-30(44)19-47-33(43)40-32(45)39-23(4)6-5-7-24-9-11-25(12-10-24)31-38-20-42(41-31)26-13-15-27(16-14-26)46-34(35,36)37/h5,7-18,20-21,23,32,39,45H,6,19H2,1-4H3/b7-5+,40-33?. The number of benzene rings is 3. The molecule has 1 aliphatic heterocycles. The average Bonchev–Trinajstić information content (AvgIpc) is 3.64. The van der Waals surface area contributed by atoms with Crippen molar-refractivity contribution in [1.29, 1.82) is 0 Å². The van der Waals surface area contributed by atoms with Crippen LogP contribution in [0.1, 0.15) is 49.8 Å². The predicted octanol–water partition coefficient (Wildman–Crippen LogP) is 7.06. The van der Waals surface area contributed by atoms with E-state index in [-0.39, 0.29) is 29.4 Å². The number of aryl methyl sites for hydroxylation is 1. The van der Waals surface area contributed by atoms with Crippen LogP contribution in [0, 0.1) is 6.92 Å². The number of hydrogen-bond donors (Lipinski definition) is 2. The zero-order chi connectivity index (χ0) is 33.7. The first-order chi connectivity index (χ1) is 22.4. The quantitative estimate of drug-likeness (QED) is 0.166. The van der Waals surface area contributed by atoms with E-state index in [1.165, 1.54) is 47.0 Å². The second-order valence-electron chi connectivity index (χ2n) is 11.4. The molecule has 246 valence electrons. The van der Waals surface area contributed by atoms with Gasteiger partial charge in [0, 0.05) is 11.6 Å². The van der Waals surface area contributed by atoms with Crippen LogP contribution in [0.25, 0.3) is 23.2 Å². The first-order valence-corrected chi connectivity index (χ1v) is 16.0. The Balaban J connectivity index is 1.15. The van der Waals surface area contributed by atoms with Crippen LogP contribution in [0.4, 0.5) is 18.9 Å². The highest BCUT2D eigenvalue weighted by atomic mass is 32.2. The van der Waals surface area contributed by atoms with Gasteiger partial charge in [0.05, 0.1) is 17.1 Å². The number of halogens is 3. The van der Waals surface area contributed by atoms with E-state index in [4.69, 9.17) is 0 Å². The molecule has 0 radical (unpaired) electrons. The summed E-state index contributed by atoms with van der Waals surface area (Å²) in [6.45, 7) is 8.09. The Kier molecular flexibility index (Phi) is 10.5. The molecule has 1 aromatic heterocycles. The molecule has 1 fully saturated rings. The van der Waals surface area contributed by atoms with Crippen LogP contribution in [-0.2, 0) is 4.79 Å². The summed E-state index contributed by atoms with van der Waals surface area (Å²) in [5, 5.41) is 18.7. The Labute approximate surface area is 275 Å². The zero-order valence-corrected chi connectivity index (χ0v) is 27.1. The first kappa shape index (κ1) is 33.9. The number of aliphatic imine (C=N–C) groups is 1. The van der Waals surface area contributed by atoms with Crippen molar-refractivity contribution in [1.82, 2.24) is 20.1 Å². The van der Waals surface area contributed by atoms with Crippen LogP contribution >= 0.6 is 11.8 Å². The lowest BCUT2D eigenvalue weighted by Crippen LogP contribution is -2.37. The smallest absolute Gasteiger partial charge is 0.406 e. The van der Waals surface area contributed by atoms with Gasteiger partial charge in [0.15, 0.2) is 11.0 Å². The second-order valence-corrected chi connectivity index (χ2v) is 12.3. The lowest BCUT2D eigenvalue weighted by molar-refractivity contribution is -0.274. The molecular weight excluding hydrogens is 629 g/mol. The van der Waals surface area contributed by atoms with E-state index < -0.39 is 12.7 Å². The summed E-state index contributed by atoms with van der Waals surface area (Å²) < 4.78 is 42.6. The molecule has 47 heavy (non-hydrogen) atoms. The summed E-state index contributed by atoms with van der Waals surface area (Å²) in [6, 6.07) is 18.9. The molecule has 0 bridgehead atoms. The SMILES string of the molecule is Cc1ccc(C(C)C)c(N2C(=O)CSC2=NC(O)NC(C)C/C=C/c2ccc(-c3ncn(-c4ccc(OC(F)(F)F)cc4)n3)cc2)c1. The van der Waals surface area contributed by atoms with Crippen LogP contribution in [-0.4, -0.2) is 55.5 Å². The molecule has 1 aliphatic rings. The average molecular weight is 665 g/mol. The van der Waals surface area contributed by atoms with E-state index in [1.807, 2.05) is 68.5 Å². The molecule has 2 unspecified atom stereocenters. The Morgan fingerprint density at radius 2 is 1.81 bits per heavy atom. The molecule has 2 N–H and O–H groups in total. The van der Waals surface area contributed by atoms with Gasteiger partial charge in [0.1, 0.15) is 12.1 Å². The number of nitrogens with one attached hydrogen (secondary N) is 1. The van der Waals surface area contributed by atoms with Crippen molar-refractivity contribution in [3.63, 3.8) is 0 Å². The summed E-state index contributed by atoms with van der Waals surface area (Å²) in [6.07, 6.45) is 0.135. The maximum absolute atomic E-state index is 12.8. The molecule has 1 saturated heterocycles. The van der Waals surface area contributed by atoms with Crippen molar-refractivity contribution in [2.24, 2.45) is 4.99 Å². The maximum atomic E-state index is 12.8. The number of amidine groups is 1. The highest BCUT2D eigenvalue weighted by molar-refractivity contribution is 8.15. The summed E-state index contributed by atoms with van der Waals surface area (Å²) in [7, 11) is 0. The number of thioether (sulfide) groups is 1. The molecule has 2 atom stereocenters. The first-order valence-electron chi connectivity index (χ1n) is 15.0. The number of aliphatic hydroxyl groups excluding tert-OH is 1. The Bertz CT molecular complexity index is 1750. The molecule has 13 heteroatoms. The van der Waals surface area contributed by atoms with Crippen LogP contribution in [0.15, 0.2) is 84.1 Å². The van der Waals surface area contributed by atoms with Crippen LogP contribution in [0.3, 0.4) is 0 Å². The van der Waals surface area contributed by atoms with Crippen molar-refractivity contribution in [2.45, 2.75) is 58.8 Å². The molecule has 4 aromatic rings. The fraction of sp³-hybridized carbons (Fsp3) is 0.294. The molecule has 5 rings (SSSR count). The van der Waals surface area contributed by atoms with Crippen LogP contribution in [0.5, 0.6) is 5.75 Å². The zero-order valence-electron chi connectivity index (χ0n) is 26.3. The molecular formula is C34H35F3N6O3S. The molecule has 3 aromatic carbocycles. The predicted molar refractivity (Wildman–Crippen MR) is 178 cm³/mol. The maximum Gasteiger partial charge on any atom is 0.573 e. The van der Waals surface area contributed by atoms with E-state index in [9.17, 15) is 23.1 Å². The highest BCUT2D eigenvalue weighted by Gasteiger charge is 2.33. The van der Waals surface area contributed by atoms with Gasteiger partial charge in [-0.2, -0.15) is 0 Å². The largest absolute Gasteiger partial charge is 0.573 e. The minimum absolute atomic E-state index is 0.0623. The van der Waals surface area contributed by atoms with Gasteiger partial charge in [0.2, 0.25) is 12.3 Å². The van der Waals surface area contributed by atoms with Crippen LogP contribution in [0.2, 0.25) is 0 Å². The molecule has 0 aliphatic carbocycles. The fourth-order valence-electron chi connectivity index (χ4n) is 4.97. The number of carbonyl (C=O) groups excluding carboxylic acids is 1. The van der Waals surface area contributed by atoms with E-state index in [0.717, 1.165) is 27.9 Å². The third-order valence-electron chi connectivity index (χ3n) is 7.28. The molecule has 0 saturated carbocycles. The van der Waals surface area contributed by atoms with Crippen molar-refractivity contribution < 1.29 is 27.8 Å². The van der Waals surface area contributed by atoms with E-state index in [2.05, 4.69) is 39.0 Å².